The Balaban J connectivity index is 0.00000400. The Morgan fingerprint density at radius 1 is 1.33 bits per heavy atom. The van der Waals surface area contributed by atoms with Crippen molar-refractivity contribution >= 4 is 18.3 Å². The number of carbonyl (C=O) groups excluding carboxylic acids is 1. The first-order valence-electron chi connectivity index (χ1n) is 6.42. The fraction of sp³-hybridized carbons (Fsp3) is 0.400. The molecule has 0 bridgehead atoms. The molecule has 0 saturated heterocycles. The van der Waals surface area contributed by atoms with Crippen LogP contribution >= 0.6 is 12.4 Å². The van der Waals surface area contributed by atoms with E-state index in [2.05, 4.69) is 5.32 Å². The van der Waals surface area contributed by atoms with Crippen molar-refractivity contribution in [2.45, 2.75) is 26.3 Å². The Bertz CT molecular complexity index is 481. The van der Waals surface area contributed by atoms with Crippen LogP contribution < -0.4 is 15.8 Å². The smallest absolute Gasteiger partial charge is 0.251 e. The summed E-state index contributed by atoms with van der Waals surface area (Å²) in [6.07, 6.45) is 1.26. The summed E-state index contributed by atoms with van der Waals surface area (Å²) in [6.45, 7) is 5.71. The molecule has 1 aromatic rings. The van der Waals surface area contributed by atoms with Gasteiger partial charge < -0.3 is 15.8 Å². The molecule has 118 valence electrons. The zero-order chi connectivity index (χ0) is 15.2. The first-order valence-corrected chi connectivity index (χ1v) is 6.42. The van der Waals surface area contributed by atoms with E-state index in [0.29, 0.717) is 11.3 Å². The molecule has 1 aromatic carbocycles. The number of amides is 1. The number of nitrogens with two attached hydrogens (primary N) is 1. The Hall–Kier alpha value is -1.59. The van der Waals surface area contributed by atoms with E-state index in [4.69, 9.17) is 10.5 Å². The topological polar surface area (TPSA) is 64.3 Å². The maximum absolute atomic E-state index is 13.1. The number of carbonyl (C=O) groups is 1. The van der Waals surface area contributed by atoms with Gasteiger partial charge in [0, 0.05) is 17.6 Å². The van der Waals surface area contributed by atoms with Crippen molar-refractivity contribution in [3.05, 3.63) is 41.7 Å². The van der Waals surface area contributed by atoms with Crippen LogP contribution in [0.5, 0.6) is 5.75 Å². The molecule has 0 aliphatic rings. The molecule has 0 aliphatic heterocycles. The van der Waals surface area contributed by atoms with Crippen LogP contribution in [-0.2, 0) is 0 Å². The Morgan fingerprint density at radius 2 is 1.90 bits per heavy atom. The predicted molar refractivity (Wildman–Crippen MR) is 84.6 cm³/mol. The van der Waals surface area contributed by atoms with Gasteiger partial charge in [-0.05, 0) is 51.1 Å². The summed E-state index contributed by atoms with van der Waals surface area (Å²) >= 11 is 0. The Kier molecular flexibility index (Phi) is 7.99. The van der Waals surface area contributed by atoms with Crippen molar-refractivity contribution in [3.63, 3.8) is 0 Å². The molecule has 4 nitrogen and oxygen atoms in total. The normalized spacial score (nSPS) is 11.6. The summed E-state index contributed by atoms with van der Waals surface area (Å²) in [5.74, 6) is -0.0711. The van der Waals surface area contributed by atoms with Crippen molar-refractivity contribution in [2.24, 2.45) is 5.73 Å². The summed E-state index contributed by atoms with van der Waals surface area (Å²) in [7, 11) is 0. The zero-order valence-corrected chi connectivity index (χ0v) is 13.3. The molecule has 0 aromatic heterocycles. The average molecular weight is 317 g/mol. The number of halogens is 2. The summed E-state index contributed by atoms with van der Waals surface area (Å²) in [6, 6.07) is 6.54. The molecule has 0 spiro atoms. The molecule has 0 saturated carbocycles. The van der Waals surface area contributed by atoms with Gasteiger partial charge in [0.25, 0.3) is 5.91 Å². The SMILES string of the molecule is CC(C)(C)NC(=O)c1ccc(OCC(F)=CCN)cc1.Cl. The number of benzene rings is 1. The molecule has 1 rings (SSSR count). The lowest BCUT2D eigenvalue weighted by Gasteiger charge is -2.20. The van der Waals surface area contributed by atoms with Gasteiger partial charge in [-0.25, -0.2) is 4.39 Å². The van der Waals surface area contributed by atoms with Gasteiger partial charge in [0.1, 0.15) is 18.2 Å². The molecule has 0 atom stereocenters. The molecule has 0 aliphatic carbocycles. The first kappa shape index (κ1) is 19.4. The highest BCUT2D eigenvalue weighted by Crippen LogP contribution is 2.14. The van der Waals surface area contributed by atoms with Gasteiger partial charge in [0.05, 0.1) is 0 Å². The number of nitrogens with one attached hydrogen (secondary N) is 1. The Morgan fingerprint density at radius 3 is 2.38 bits per heavy atom. The number of hydrogen-bond acceptors (Lipinski definition) is 3. The summed E-state index contributed by atoms with van der Waals surface area (Å²) in [5.41, 5.74) is 5.43. The van der Waals surface area contributed by atoms with E-state index < -0.39 is 5.83 Å². The minimum atomic E-state index is -0.415. The van der Waals surface area contributed by atoms with Crippen LogP contribution in [0.1, 0.15) is 31.1 Å². The van der Waals surface area contributed by atoms with Crippen molar-refractivity contribution < 1.29 is 13.9 Å². The third-order valence-electron chi connectivity index (χ3n) is 2.32. The number of rotatable bonds is 5. The maximum Gasteiger partial charge on any atom is 0.251 e. The molecule has 0 radical (unpaired) electrons. The largest absolute Gasteiger partial charge is 0.487 e. The van der Waals surface area contributed by atoms with Gasteiger partial charge in [0.15, 0.2) is 0 Å². The summed E-state index contributed by atoms with van der Waals surface area (Å²) < 4.78 is 18.3. The lowest BCUT2D eigenvalue weighted by Crippen LogP contribution is -2.40. The molecule has 1 amide bonds. The van der Waals surface area contributed by atoms with Crippen LogP contribution in [0.2, 0.25) is 0 Å². The Labute approximate surface area is 131 Å². The van der Waals surface area contributed by atoms with Crippen molar-refractivity contribution in [1.82, 2.24) is 5.32 Å². The fourth-order valence-electron chi connectivity index (χ4n) is 1.45. The van der Waals surface area contributed by atoms with Crippen LogP contribution in [0.4, 0.5) is 4.39 Å². The fourth-order valence-corrected chi connectivity index (χ4v) is 1.45. The minimum Gasteiger partial charge on any atom is -0.487 e. The maximum atomic E-state index is 13.1. The molecular formula is C15H22ClFN2O2. The van der Waals surface area contributed by atoms with Crippen LogP contribution in [0.25, 0.3) is 0 Å². The van der Waals surface area contributed by atoms with Crippen LogP contribution in [0, 0.1) is 0 Å². The van der Waals surface area contributed by atoms with Crippen LogP contribution in [-0.4, -0.2) is 24.6 Å². The summed E-state index contributed by atoms with van der Waals surface area (Å²) in [4.78, 5) is 11.9. The molecule has 21 heavy (non-hydrogen) atoms. The highest BCUT2D eigenvalue weighted by Gasteiger charge is 2.15. The molecule has 0 unspecified atom stereocenters. The van der Waals surface area contributed by atoms with Gasteiger partial charge in [-0.3, -0.25) is 4.79 Å². The standard InChI is InChI=1S/C15H21FN2O2.ClH/c1-15(2,3)18-14(19)11-4-6-13(7-5-11)20-10-12(16)8-9-17;/h4-8H,9-10,17H2,1-3H3,(H,18,19);1H. The minimum absolute atomic E-state index is 0. The second kappa shape index (κ2) is 8.64. The molecule has 3 N–H and O–H groups in total. The van der Waals surface area contributed by atoms with Gasteiger partial charge >= 0.3 is 0 Å². The average Bonchev–Trinajstić information content (AvgIpc) is 2.35. The van der Waals surface area contributed by atoms with Crippen molar-refractivity contribution in [2.75, 3.05) is 13.2 Å². The predicted octanol–water partition coefficient (Wildman–Crippen LogP) is 2.83. The van der Waals surface area contributed by atoms with Gasteiger partial charge in [-0.1, -0.05) is 0 Å². The van der Waals surface area contributed by atoms with E-state index in [0.717, 1.165) is 0 Å². The van der Waals surface area contributed by atoms with Crippen LogP contribution in [0.3, 0.4) is 0 Å². The third kappa shape index (κ3) is 7.68. The van der Waals surface area contributed by atoms with Gasteiger partial charge in [-0.15, -0.1) is 12.4 Å². The lowest BCUT2D eigenvalue weighted by molar-refractivity contribution is 0.0919. The number of ether oxygens (including phenoxy) is 1. The van der Waals surface area contributed by atoms with Gasteiger partial charge in [0.2, 0.25) is 0 Å². The quantitative estimate of drug-likeness (QED) is 0.878. The van der Waals surface area contributed by atoms with E-state index in [1.165, 1.54) is 6.08 Å². The third-order valence-corrected chi connectivity index (χ3v) is 2.32. The molecule has 0 heterocycles. The summed E-state index contributed by atoms with van der Waals surface area (Å²) in [5, 5.41) is 2.86. The monoisotopic (exact) mass is 316 g/mol. The second-order valence-electron chi connectivity index (χ2n) is 5.40. The highest BCUT2D eigenvalue weighted by atomic mass is 35.5. The van der Waals surface area contributed by atoms with E-state index in [1.54, 1.807) is 24.3 Å². The number of hydrogen-bond donors (Lipinski definition) is 2. The van der Waals surface area contributed by atoms with Crippen molar-refractivity contribution in [1.29, 1.82) is 0 Å². The molecule has 6 heteroatoms. The van der Waals surface area contributed by atoms with E-state index in [-0.39, 0.29) is 37.0 Å². The van der Waals surface area contributed by atoms with E-state index in [9.17, 15) is 9.18 Å². The van der Waals surface area contributed by atoms with Crippen LogP contribution in [0.15, 0.2) is 36.2 Å². The second-order valence-corrected chi connectivity index (χ2v) is 5.40. The molecule has 0 fully saturated rings. The lowest BCUT2D eigenvalue weighted by atomic mass is 10.1. The van der Waals surface area contributed by atoms with Crippen molar-refractivity contribution in [3.8, 4) is 5.75 Å². The van der Waals surface area contributed by atoms with E-state index >= 15 is 0 Å². The van der Waals surface area contributed by atoms with E-state index in [1.807, 2.05) is 20.8 Å². The zero-order valence-electron chi connectivity index (χ0n) is 12.5. The van der Waals surface area contributed by atoms with Gasteiger partial charge in [-0.2, -0.15) is 0 Å². The first-order chi connectivity index (χ1) is 9.31. The highest BCUT2D eigenvalue weighted by molar-refractivity contribution is 5.94. The molecular weight excluding hydrogens is 295 g/mol.